The summed E-state index contributed by atoms with van der Waals surface area (Å²) in [5.74, 6) is 0.0970. The summed E-state index contributed by atoms with van der Waals surface area (Å²) in [4.78, 5) is 13.5. The van der Waals surface area contributed by atoms with Crippen LogP contribution in [0.3, 0.4) is 0 Å². The largest absolute Gasteiger partial charge is 0.289 e. The van der Waals surface area contributed by atoms with Crippen LogP contribution in [0.1, 0.15) is 43.7 Å². The zero-order valence-electron chi connectivity index (χ0n) is 11.2. The standard InChI is InChI=1S/C17H14OS/c1-9-8-14-15(11(3)10(9)2)16(18)12-6-4-5-7-13(12)17(14)19/h4-8H,1-3H3. The van der Waals surface area contributed by atoms with Crippen molar-refractivity contribution in [1.82, 2.24) is 0 Å². The first-order valence-electron chi connectivity index (χ1n) is 6.31. The summed E-state index contributed by atoms with van der Waals surface area (Å²) < 4.78 is 0. The van der Waals surface area contributed by atoms with E-state index in [0.717, 1.165) is 32.7 Å². The van der Waals surface area contributed by atoms with Crippen molar-refractivity contribution in [3.8, 4) is 0 Å². The maximum atomic E-state index is 12.7. The highest BCUT2D eigenvalue weighted by molar-refractivity contribution is 7.81. The molecule has 19 heavy (non-hydrogen) atoms. The van der Waals surface area contributed by atoms with Crippen molar-refractivity contribution in [3.63, 3.8) is 0 Å². The molecule has 1 aliphatic carbocycles. The number of aryl methyl sites for hydroxylation is 1. The van der Waals surface area contributed by atoms with Gasteiger partial charge >= 0.3 is 0 Å². The number of fused-ring (bicyclic) bond motifs is 2. The predicted molar refractivity (Wildman–Crippen MR) is 81.3 cm³/mol. The van der Waals surface area contributed by atoms with Crippen LogP contribution in [0.5, 0.6) is 0 Å². The number of rotatable bonds is 0. The molecule has 0 saturated carbocycles. The van der Waals surface area contributed by atoms with Gasteiger partial charge in [0.2, 0.25) is 0 Å². The van der Waals surface area contributed by atoms with Crippen LogP contribution in [0.15, 0.2) is 30.3 Å². The monoisotopic (exact) mass is 266 g/mol. The second-order valence-electron chi connectivity index (χ2n) is 5.07. The molecule has 0 spiro atoms. The Morgan fingerprint density at radius 3 is 2.21 bits per heavy atom. The average Bonchev–Trinajstić information content (AvgIpc) is 2.42. The van der Waals surface area contributed by atoms with E-state index < -0.39 is 0 Å². The number of hydrogen-bond acceptors (Lipinski definition) is 2. The maximum absolute atomic E-state index is 12.7. The van der Waals surface area contributed by atoms with Gasteiger partial charge in [0.25, 0.3) is 0 Å². The highest BCUT2D eigenvalue weighted by Crippen LogP contribution is 2.32. The lowest BCUT2D eigenvalue weighted by molar-refractivity contribution is 0.103. The van der Waals surface area contributed by atoms with E-state index in [9.17, 15) is 4.79 Å². The van der Waals surface area contributed by atoms with E-state index in [-0.39, 0.29) is 5.78 Å². The predicted octanol–water partition coefficient (Wildman–Crippen LogP) is 3.92. The number of hydrogen-bond donors (Lipinski definition) is 0. The third-order valence-electron chi connectivity index (χ3n) is 4.05. The number of carbonyl (C=O) groups is 1. The van der Waals surface area contributed by atoms with E-state index in [2.05, 4.69) is 13.8 Å². The third-order valence-corrected chi connectivity index (χ3v) is 4.49. The third kappa shape index (κ3) is 1.60. The second-order valence-corrected chi connectivity index (χ2v) is 5.48. The van der Waals surface area contributed by atoms with Crippen LogP contribution in [0.2, 0.25) is 0 Å². The van der Waals surface area contributed by atoms with E-state index in [0.29, 0.717) is 0 Å². The first-order valence-corrected chi connectivity index (χ1v) is 6.72. The Bertz CT molecular complexity index is 741. The van der Waals surface area contributed by atoms with E-state index in [4.69, 9.17) is 12.2 Å². The van der Waals surface area contributed by atoms with Crippen LogP contribution in [0.25, 0.3) is 0 Å². The molecule has 0 radical (unpaired) electrons. The molecule has 1 aliphatic rings. The van der Waals surface area contributed by atoms with Gasteiger partial charge in [-0.1, -0.05) is 36.5 Å². The minimum atomic E-state index is 0.0970. The topological polar surface area (TPSA) is 17.1 Å². The van der Waals surface area contributed by atoms with Gasteiger partial charge in [-0.3, -0.25) is 4.79 Å². The average molecular weight is 266 g/mol. The Kier molecular flexibility index (Phi) is 2.64. The summed E-state index contributed by atoms with van der Waals surface area (Å²) in [6, 6.07) is 9.66. The van der Waals surface area contributed by atoms with Crippen molar-refractivity contribution in [2.75, 3.05) is 0 Å². The van der Waals surface area contributed by atoms with Crippen LogP contribution in [-0.4, -0.2) is 10.6 Å². The highest BCUT2D eigenvalue weighted by Gasteiger charge is 2.29. The minimum Gasteiger partial charge on any atom is -0.289 e. The van der Waals surface area contributed by atoms with Crippen LogP contribution in [0.4, 0.5) is 0 Å². The molecule has 0 unspecified atom stereocenters. The Morgan fingerprint density at radius 2 is 1.53 bits per heavy atom. The summed E-state index contributed by atoms with van der Waals surface area (Å²) in [6.45, 7) is 6.13. The normalized spacial score (nSPS) is 13.2. The molecule has 0 N–H and O–H groups in total. The summed E-state index contributed by atoms with van der Waals surface area (Å²) in [5, 5.41) is 0. The van der Waals surface area contributed by atoms with E-state index in [1.54, 1.807) is 0 Å². The number of thiocarbonyl (C=S) groups is 1. The molecule has 0 bridgehead atoms. The molecule has 0 fully saturated rings. The fourth-order valence-corrected chi connectivity index (χ4v) is 3.05. The van der Waals surface area contributed by atoms with Gasteiger partial charge in [-0.2, -0.15) is 0 Å². The van der Waals surface area contributed by atoms with Crippen LogP contribution < -0.4 is 0 Å². The van der Waals surface area contributed by atoms with Gasteiger partial charge in [0.1, 0.15) is 0 Å². The Labute approximate surface area is 118 Å². The summed E-state index contributed by atoms with van der Waals surface area (Å²) in [6.07, 6.45) is 0. The van der Waals surface area contributed by atoms with Gasteiger partial charge in [-0.25, -0.2) is 0 Å². The molecule has 2 aromatic rings. The molecule has 0 amide bonds. The SMILES string of the molecule is Cc1cc2c(c(C)c1C)C(=O)c1ccccc1C2=S. The molecule has 2 heteroatoms. The molecule has 0 aromatic heterocycles. The second kappa shape index (κ2) is 4.10. The van der Waals surface area contributed by atoms with Crippen molar-refractivity contribution >= 4 is 22.9 Å². The molecule has 0 atom stereocenters. The Morgan fingerprint density at radius 1 is 0.895 bits per heavy atom. The van der Waals surface area contributed by atoms with Crippen LogP contribution >= 0.6 is 12.2 Å². The number of ketones is 1. The van der Waals surface area contributed by atoms with Crippen LogP contribution in [-0.2, 0) is 0 Å². The van der Waals surface area contributed by atoms with E-state index in [1.807, 2.05) is 37.3 Å². The maximum Gasteiger partial charge on any atom is 0.194 e. The van der Waals surface area contributed by atoms with Crippen molar-refractivity contribution in [3.05, 3.63) is 69.3 Å². The molecule has 0 heterocycles. The van der Waals surface area contributed by atoms with Crippen molar-refractivity contribution < 1.29 is 4.79 Å². The quantitative estimate of drug-likeness (QED) is 0.574. The van der Waals surface area contributed by atoms with E-state index >= 15 is 0 Å². The Balaban J connectivity index is 2.40. The first-order chi connectivity index (χ1) is 9.02. The summed E-state index contributed by atoms with van der Waals surface area (Å²) in [5.41, 5.74) is 6.73. The summed E-state index contributed by atoms with van der Waals surface area (Å²) in [7, 11) is 0. The zero-order chi connectivity index (χ0) is 13.7. The fourth-order valence-electron chi connectivity index (χ4n) is 2.71. The molecule has 2 aromatic carbocycles. The lowest BCUT2D eigenvalue weighted by Gasteiger charge is -2.23. The zero-order valence-corrected chi connectivity index (χ0v) is 12.0. The van der Waals surface area contributed by atoms with Gasteiger partial charge in [-0.05, 0) is 43.5 Å². The lowest BCUT2D eigenvalue weighted by atomic mass is 9.80. The first kappa shape index (κ1) is 12.2. The fraction of sp³-hybridized carbons (Fsp3) is 0.176. The van der Waals surface area contributed by atoms with Gasteiger partial charge < -0.3 is 0 Å². The Hall–Kier alpha value is -1.80. The minimum absolute atomic E-state index is 0.0970. The molecular weight excluding hydrogens is 252 g/mol. The molecule has 94 valence electrons. The highest BCUT2D eigenvalue weighted by atomic mass is 32.1. The number of carbonyl (C=O) groups excluding carboxylic acids is 1. The molecule has 0 aliphatic heterocycles. The van der Waals surface area contributed by atoms with Gasteiger partial charge in [0.15, 0.2) is 5.78 Å². The van der Waals surface area contributed by atoms with Crippen molar-refractivity contribution in [1.29, 1.82) is 0 Å². The van der Waals surface area contributed by atoms with Gasteiger partial charge in [0, 0.05) is 22.3 Å². The van der Waals surface area contributed by atoms with Gasteiger partial charge in [-0.15, -0.1) is 0 Å². The van der Waals surface area contributed by atoms with E-state index in [1.165, 1.54) is 11.1 Å². The lowest BCUT2D eigenvalue weighted by Crippen LogP contribution is -2.22. The van der Waals surface area contributed by atoms with Crippen LogP contribution in [0, 0.1) is 20.8 Å². The van der Waals surface area contributed by atoms with Gasteiger partial charge in [0.05, 0.1) is 4.86 Å². The summed E-state index contributed by atoms with van der Waals surface area (Å²) >= 11 is 5.58. The molecular formula is C17H14OS. The molecule has 3 rings (SSSR count). The van der Waals surface area contributed by atoms with Crippen molar-refractivity contribution in [2.45, 2.75) is 20.8 Å². The smallest absolute Gasteiger partial charge is 0.194 e. The molecule has 1 nitrogen and oxygen atoms in total. The molecule has 0 saturated heterocycles. The van der Waals surface area contributed by atoms with Crippen molar-refractivity contribution in [2.24, 2.45) is 0 Å². The number of benzene rings is 2.